The number of hydrogen-bond acceptors (Lipinski definition) is 6. The number of nitrogens with one attached hydrogen (secondary N) is 2. The van der Waals surface area contributed by atoms with E-state index in [9.17, 15) is 18.5 Å². The highest BCUT2D eigenvalue weighted by Gasteiger charge is 2.14. The molecule has 0 saturated carbocycles. The number of aromatic nitrogens is 3. The fourth-order valence-electron chi connectivity index (χ4n) is 1.37. The summed E-state index contributed by atoms with van der Waals surface area (Å²) in [5, 5.41) is 16.3. The summed E-state index contributed by atoms with van der Waals surface area (Å²) in [5.74, 6) is -0.298. The van der Waals surface area contributed by atoms with Crippen LogP contribution in [0.15, 0.2) is 30.6 Å². The third kappa shape index (κ3) is 3.48. The van der Waals surface area contributed by atoms with Gasteiger partial charge in [-0.15, -0.1) is 0 Å². The molecule has 2 N–H and O–H groups in total. The zero-order chi connectivity index (χ0) is 13.9. The van der Waals surface area contributed by atoms with Crippen molar-refractivity contribution in [3.05, 3.63) is 46.3 Å². The highest BCUT2D eigenvalue weighted by molar-refractivity contribution is 7.91. The van der Waals surface area contributed by atoms with Gasteiger partial charge in [0.15, 0.2) is 0 Å². The molecule has 2 rings (SSSR count). The molecule has 0 bridgehead atoms. The number of nitrogens with zero attached hydrogens (tertiary/aromatic N) is 3. The number of H-pyrrole nitrogens is 1. The zero-order valence-electron chi connectivity index (χ0n) is 9.48. The topological polar surface area (TPSA) is 131 Å². The Morgan fingerprint density at radius 3 is 2.53 bits per heavy atom. The van der Waals surface area contributed by atoms with Gasteiger partial charge in [-0.25, -0.2) is 13.5 Å². The van der Waals surface area contributed by atoms with Crippen molar-refractivity contribution in [1.29, 1.82) is 0 Å². The average molecular weight is 283 g/mol. The van der Waals surface area contributed by atoms with E-state index >= 15 is 0 Å². The number of aromatic amines is 1. The molecule has 0 fully saturated rings. The summed E-state index contributed by atoms with van der Waals surface area (Å²) in [6.07, 6.45) is 1.17. The van der Waals surface area contributed by atoms with Crippen molar-refractivity contribution in [3.63, 3.8) is 0 Å². The molecule has 0 saturated heterocycles. The predicted octanol–water partition coefficient (Wildman–Crippen LogP) is 0.655. The second-order valence-corrected chi connectivity index (χ2v) is 5.34. The molecule has 0 aliphatic rings. The molecule has 1 aromatic carbocycles. The van der Waals surface area contributed by atoms with Crippen molar-refractivity contribution < 1.29 is 13.3 Å². The lowest BCUT2D eigenvalue weighted by atomic mass is 10.2. The molecule has 0 aliphatic heterocycles. The first-order valence-electron chi connectivity index (χ1n) is 5.05. The van der Waals surface area contributed by atoms with Crippen molar-refractivity contribution in [2.24, 2.45) is 0 Å². The standard InChI is InChI=1S/C9H9N5O4S/c15-14(16)8-3-1-7(2-4-8)5-19(17,18)13-9-10-6-11-12-9/h1-4,6H,5H2,(H2,10,11,12,13). The van der Waals surface area contributed by atoms with Crippen molar-refractivity contribution in [3.8, 4) is 0 Å². The average Bonchev–Trinajstić information content (AvgIpc) is 2.81. The largest absolute Gasteiger partial charge is 0.269 e. The fourth-order valence-corrected chi connectivity index (χ4v) is 2.47. The number of non-ortho nitro benzene ring substituents is 1. The summed E-state index contributed by atoms with van der Waals surface area (Å²) in [5.41, 5.74) is 0.335. The summed E-state index contributed by atoms with van der Waals surface area (Å²) < 4.78 is 25.7. The summed E-state index contributed by atoms with van der Waals surface area (Å²) in [4.78, 5) is 13.5. The smallest absolute Gasteiger partial charge is 0.258 e. The van der Waals surface area contributed by atoms with Crippen molar-refractivity contribution >= 4 is 21.7 Å². The normalized spacial score (nSPS) is 11.2. The maximum atomic E-state index is 11.8. The van der Waals surface area contributed by atoms with E-state index in [1.54, 1.807) is 0 Å². The molecule has 2 aromatic rings. The van der Waals surface area contributed by atoms with Gasteiger partial charge in [-0.2, -0.15) is 10.1 Å². The second-order valence-electron chi connectivity index (χ2n) is 3.62. The van der Waals surface area contributed by atoms with Crippen molar-refractivity contribution in [2.45, 2.75) is 5.75 Å². The first kappa shape index (κ1) is 13.0. The summed E-state index contributed by atoms with van der Waals surface area (Å²) >= 11 is 0. The molecular formula is C9H9N5O4S. The number of sulfonamides is 1. The van der Waals surface area contributed by atoms with Crippen LogP contribution in [0, 0.1) is 10.1 Å². The van der Waals surface area contributed by atoms with Gasteiger partial charge >= 0.3 is 0 Å². The molecule has 100 valence electrons. The molecule has 10 heteroatoms. The number of rotatable bonds is 5. The molecule has 0 radical (unpaired) electrons. The highest BCUT2D eigenvalue weighted by Crippen LogP contribution is 2.14. The van der Waals surface area contributed by atoms with Crippen LogP contribution in [0.2, 0.25) is 0 Å². The quantitative estimate of drug-likeness (QED) is 0.612. The summed E-state index contributed by atoms with van der Waals surface area (Å²) in [6, 6.07) is 5.27. The van der Waals surface area contributed by atoms with Gasteiger partial charge in [-0.1, -0.05) is 12.1 Å². The number of anilines is 1. The van der Waals surface area contributed by atoms with Crippen LogP contribution in [-0.2, 0) is 15.8 Å². The van der Waals surface area contributed by atoms with E-state index in [1.165, 1.54) is 30.6 Å². The first-order chi connectivity index (χ1) is 8.96. The van der Waals surface area contributed by atoms with Gasteiger partial charge in [0.2, 0.25) is 16.0 Å². The number of hydrogen-bond donors (Lipinski definition) is 2. The van der Waals surface area contributed by atoms with E-state index in [4.69, 9.17) is 0 Å². The highest BCUT2D eigenvalue weighted by atomic mass is 32.2. The van der Waals surface area contributed by atoms with Crippen LogP contribution in [0.4, 0.5) is 11.6 Å². The Bertz CT molecular complexity index is 665. The lowest BCUT2D eigenvalue weighted by molar-refractivity contribution is -0.384. The molecule has 0 aliphatic carbocycles. The van der Waals surface area contributed by atoms with Gasteiger partial charge in [0.05, 0.1) is 10.7 Å². The molecule has 0 spiro atoms. The number of nitro groups is 1. The van der Waals surface area contributed by atoms with Crippen LogP contribution < -0.4 is 4.72 Å². The molecule has 9 nitrogen and oxygen atoms in total. The van der Waals surface area contributed by atoms with Crippen LogP contribution in [0.3, 0.4) is 0 Å². The van der Waals surface area contributed by atoms with E-state index < -0.39 is 14.9 Å². The Morgan fingerprint density at radius 1 is 1.32 bits per heavy atom. The third-order valence-corrected chi connectivity index (χ3v) is 3.39. The Labute approximate surface area is 107 Å². The lowest BCUT2D eigenvalue weighted by Gasteiger charge is -2.04. The Kier molecular flexibility index (Phi) is 3.42. The van der Waals surface area contributed by atoms with Gasteiger partial charge in [0, 0.05) is 12.1 Å². The third-order valence-electron chi connectivity index (χ3n) is 2.17. The molecule has 0 unspecified atom stereocenters. The Hall–Kier alpha value is -2.49. The van der Waals surface area contributed by atoms with Crippen LogP contribution in [-0.4, -0.2) is 28.5 Å². The molecule has 19 heavy (non-hydrogen) atoms. The number of nitro benzene ring substituents is 1. The van der Waals surface area contributed by atoms with Gasteiger partial charge in [-0.3, -0.25) is 14.8 Å². The number of benzene rings is 1. The minimum absolute atomic E-state index is 0.0157. The van der Waals surface area contributed by atoms with E-state index in [0.29, 0.717) is 5.56 Å². The Morgan fingerprint density at radius 2 is 2.00 bits per heavy atom. The molecular weight excluding hydrogens is 274 g/mol. The van der Waals surface area contributed by atoms with Crippen molar-refractivity contribution in [1.82, 2.24) is 15.2 Å². The van der Waals surface area contributed by atoms with Crippen LogP contribution in [0.1, 0.15) is 5.56 Å². The molecule has 0 amide bonds. The van der Waals surface area contributed by atoms with Gasteiger partial charge < -0.3 is 0 Å². The summed E-state index contributed by atoms with van der Waals surface area (Å²) in [6.45, 7) is 0. The monoisotopic (exact) mass is 283 g/mol. The van der Waals surface area contributed by atoms with Crippen LogP contribution >= 0.6 is 0 Å². The molecule has 1 heterocycles. The minimum atomic E-state index is -3.64. The zero-order valence-corrected chi connectivity index (χ0v) is 10.3. The second kappa shape index (κ2) is 5.02. The van der Waals surface area contributed by atoms with E-state index in [1.807, 2.05) is 0 Å². The Balaban J connectivity index is 2.09. The van der Waals surface area contributed by atoms with E-state index in [2.05, 4.69) is 19.9 Å². The van der Waals surface area contributed by atoms with Crippen LogP contribution in [0.5, 0.6) is 0 Å². The lowest BCUT2D eigenvalue weighted by Crippen LogP contribution is -2.16. The van der Waals surface area contributed by atoms with E-state index in [-0.39, 0.29) is 17.4 Å². The minimum Gasteiger partial charge on any atom is -0.258 e. The van der Waals surface area contributed by atoms with E-state index in [0.717, 1.165) is 0 Å². The first-order valence-corrected chi connectivity index (χ1v) is 6.71. The van der Waals surface area contributed by atoms with Gasteiger partial charge in [0.1, 0.15) is 6.33 Å². The summed E-state index contributed by atoms with van der Waals surface area (Å²) in [7, 11) is -3.64. The predicted molar refractivity (Wildman–Crippen MR) is 65.7 cm³/mol. The SMILES string of the molecule is O=[N+]([O-])c1ccc(CS(=O)(=O)Nc2ncn[nH]2)cc1. The van der Waals surface area contributed by atoms with Gasteiger partial charge in [0.25, 0.3) is 5.69 Å². The maximum absolute atomic E-state index is 11.8. The molecule has 0 atom stereocenters. The fraction of sp³-hybridized carbons (Fsp3) is 0.111. The van der Waals surface area contributed by atoms with Gasteiger partial charge in [-0.05, 0) is 5.56 Å². The van der Waals surface area contributed by atoms with Crippen molar-refractivity contribution in [2.75, 3.05) is 4.72 Å². The van der Waals surface area contributed by atoms with Crippen LogP contribution in [0.25, 0.3) is 0 Å². The maximum Gasteiger partial charge on any atom is 0.269 e. The molecule has 1 aromatic heterocycles.